The highest BCUT2D eigenvalue weighted by molar-refractivity contribution is 8.00. The molecule has 2 N–H and O–H groups in total. The number of para-hydroxylation sites is 1. The third-order valence-corrected chi connectivity index (χ3v) is 4.58. The van der Waals surface area contributed by atoms with Crippen LogP contribution < -0.4 is 15.4 Å². The van der Waals surface area contributed by atoms with Crippen molar-refractivity contribution in [2.24, 2.45) is 0 Å². The Hall–Kier alpha value is -2.47. The van der Waals surface area contributed by atoms with Gasteiger partial charge in [0.05, 0.1) is 24.5 Å². The molecule has 2 amide bonds. The summed E-state index contributed by atoms with van der Waals surface area (Å²) in [6.45, 7) is 0.769. The van der Waals surface area contributed by atoms with Crippen molar-refractivity contribution >= 4 is 29.3 Å². The van der Waals surface area contributed by atoms with Crippen LogP contribution in [0.4, 0.5) is 5.69 Å². The number of rotatable bonds is 6. The van der Waals surface area contributed by atoms with Crippen molar-refractivity contribution in [3.8, 4) is 5.75 Å². The molecule has 3 rings (SSSR count). The smallest absolute Gasteiger partial charge is 0.234 e. The van der Waals surface area contributed by atoms with Gasteiger partial charge in [-0.05, 0) is 29.8 Å². The number of anilines is 1. The second-order valence-electron chi connectivity index (χ2n) is 5.36. The van der Waals surface area contributed by atoms with Gasteiger partial charge in [-0.25, -0.2) is 0 Å². The normalized spacial score (nSPS) is 12.9. The van der Waals surface area contributed by atoms with Crippen LogP contribution in [0.2, 0.25) is 0 Å². The molecule has 0 aliphatic carbocycles. The number of benzene rings is 2. The maximum Gasteiger partial charge on any atom is 0.234 e. The molecule has 5 nitrogen and oxygen atoms in total. The van der Waals surface area contributed by atoms with E-state index in [2.05, 4.69) is 10.6 Å². The summed E-state index contributed by atoms with van der Waals surface area (Å²) in [5.74, 6) is 1.15. The molecule has 1 aliphatic rings. The molecule has 0 bridgehead atoms. The number of carbonyl (C=O) groups excluding carboxylic acids is 2. The zero-order valence-electron chi connectivity index (χ0n) is 13.1. The molecule has 2 aromatic carbocycles. The fraction of sp³-hybridized carbons (Fsp3) is 0.222. The van der Waals surface area contributed by atoms with Crippen LogP contribution in [-0.2, 0) is 16.1 Å². The average molecular weight is 342 g/mol. The molecule has 1 aliphatic heterocycles. The van der Waals surface area contributed by atoms with E-state index in [0.29, 0.717) is 25.3 Å². The third-order valence-electron chi connectivity index (χ3n) is 3.51. The van der Waals surface area contributed by atoms with Crippen molar-refractivity contribution in [1.82, 2.24) is 5.32 Å². The van der Waals surface area contributed by atoms with E-state index >= 15 is 0 Å². The summed E-state index contributed by atoms with van der Waals surface area (Å²) in [5.41, 5.74) is 1.77. The van der Waals surface area contributed by atoms with E-state index in [-0.39, 0.29) is 11.8 Å². The molecular weight excluding hydrogens is 324 g/mol. The summed E-state index contributed by atoms with van der Waals surface area (Å²) in [7, 11) is 0. The van der Waals surface area contributed by atoms with E-state index in [9.17, 15) is 9.59 Å². The zero-order chi connectivity index (χ0) is 16.8. The number of nitrogens with one attached hydrogen (secondary N) is 2. The molecule has 0 atom stereocenters. The molecule has 0 unspecified atom stereocenters. The molecule has 24 heavy (non-hydrogen) atoms. The largest absolute Gasteiger partial charge is 0.493 e. The lowest BCUT2D eigenvalue weighted by molar-refractivity contribution is -0.121. The van der Waals surface area contributed by atoms with Gasteiger partial charge in [-0.15, -0.1) is 11.8 Å². The predicted molar refractivity (Wildman–Crippen MR) is 94.2 cm³/mol. The highest BCUT2D eigenvalue weighted by Gasteiger charge is 2.15. The minimum absolute atomic E-state index is 0.00625. The van der Waals surface area contributed by atoms with Gasteiger partial charge in [-0.1, -0.05) is 24.3 Å². The Labute approximate surface area is 144 Å². The van der Waals surface area contributed by atoms with Crippen LogP contribution in [0.3, 0.4) is 0 Å². The van der Waals surface area contributed by atoms with Crippen molar-refractivity contribution in [3.05, 3.63) is 54.1 Å². The molecule has 2 aromatic rings. The Balaban J connectivity index is 1.44. The summed E-state index contributed by atoms with van der Waals surface area (Å²) < 4.78 is 5.50. The van der Waals surface area contributed by atoms with Crippen LogP contribution in [0.15, 0.2) is 53.4 Å². The fourth-order valence-corrected chi connectivity index (χ4v) is 3.10. The predicted octanol–water partition coefficient (Wildman–Crippen LogP) is 2.82. The number of amides is 2. The van der Waals surface area contributed by atoms with Crippen molar-refractivity contribution in [2.75, 3.05) is 17.7 Å². The highest BCUT2D eigenvalue weighted by atomic mass is 32.2. The van der Waals surface area contributed by atoms with Crippen molar-refractivity contribution in [2.45, 2.75) is 17.9 Å². The quantitative estimate of drug-likeness (QED) is 0.847. The van der Waals surface area contributed by atoms with Crippen LogP contribution in [0.1, 0.15) is 12.0 Å². The van der Waals surface area contributed by atoms with Crippen LogP contribution in [0.25, 0.3) is 0 Å². The van der Waals surface area contributed by atoms with Crippen molar-refractivity contribution in [1.29, 1.82) is 0 Å². The van der Waals surface area contributed by atoms with E-state index < -0.39 is 0 Å². The summed E-state index contributed by atoms with van der Waals surface area (Å²) in [6.07, 6.45) is 0.298. The average Bonchev–Trinajstić information content (AvgIpc) is 2.60. The maximum atomic E-state index is 11.9. The van der Waals surface area contributed by atoms with Gasteiger partial charge in [0.1, 0.15) is 5.75 Å². The number of carbonyl (C=O) groups is 2. The van der Waals surface area contributed by atoms with Gasteiger partial charge in [0.15, 0.2) is 0 Å². The molecule has 0 fully saturated rings. The fourth-order valence-electron chi connectivity index (χ4n) is 2.31. The maximum absolute atomic E-state index is 11.9. The van der Waals surface area contributed by atoms with E-state index in [1.165, 1.54) is 11.8 Å². The van der Waals surface area contributed by atoms with Gasteiger partial charge >= 0.3 is 0 Å². The zero-order valence-corrected chi connectivity index (χ0v) is 13.9. The summed E-state index contributed by atoms with van der Waals surface area (Å²) in [4.78, 5) is 24.4. The molecule has 0 saturated heterocycles. The topological polar surface area (TPSA) is 67.4 Å². The highest BCUT2D eigenvalue weighted by Crippen LogP contribution is 2.31. The minimum atomic E-state index is -0.0675. The summed E-state index contributed by atoms with van der Waals surface area (Å²) in [5, 5.41) is 5.71. The van der Waals surface area contributed by atoms with Gasteiger partial charge in [0, 0.05) is 11.4 Å². The SMILES string of the molecule is O=C(CCOc1ccccc1)NCc1ccc2c(c1)NC(=O)CS2. The van der Waals surface area contributed by atoms with Gasteiger partial charge < -0.3 is 15.4 Å². The number of ether oxygens (including phenoxy) is 1. The van der Waals surface area contributed by atoms with Gasteiger partial charge in [-0.3, -0.25) is 9.59 Å². The van der Waals surface area contributed by atoms with Crippen molar-refractivity contribution < 1.29 is 14.3 Å². The first kappa shape index (κ1) is 16.4. The molecular formula is C18H18N2O3S. The standard InChI is InChI=1S/C18H18N2O3S/c21-17(8-9-23-14-4-2-1-3-5-14)19-11-13-6-7-16-15(10-13)20-18(22)12-24-16/h1-7,10H,8-9,11-12H2,(H,19,21)(H,20,22). The Morgan fingerprint density at radius 3 is 2.88 bits per heavy atom. The van der Waals surface area contributed by atoms with E-state index in [0.717, 1.165) is 21.9 Å². The molecule has 0 saturated carbocycles. The first-order chi connectivity index (χ1) is 11.7. The second kappa shape index (κ2) is 7.88. The molecule has 0 spiro atoms. The second-order valence-corrected chi connectivity index (χ2v) is 6.37. The van der Waals surface area contributed by atoms with E-state index in [4.69, 9.17) is 4.74 Å². The number of fused-ring (bicyclic) bond motifs is 1. The molecule has 0 radical (unpaired) electrons. The van der Waals surface area contributed by atoms with Gasteiger partial charge in [0.2, 0.25) is 11.8 Å². The Kier molecular flexibility index (Phi) is 5.38. The molecule has 0 aromatic heterocycles. The lowest BCUT2D eigenvalue weighted by Crippen LogP contribution is -2.25. The number of thioether (sulfide) groups is 1. The van der Waals surface area contributed by atoms with E-state index in [1.807, 2.05) is 48.5 Å². The lowest BCUT2D eigenvalue weighted by atomic mass is 10.2. The first-order valence-corrected chi connectivity index (χ1v) is 8.69. The van der Waals surface area contributed by atoms with Gasteiger partial charge in [-0.2, -0.15) is 0 Å². The van der Waals surface area contributed by atoms with Gasteiger partial charge in [0.25, 0.3) is 0 Å². The van der Waals surface area contributed by atoms with Crippen LogP contribution >= 0.6 is 11.8 Å². The number of hydrogen-bond donors (Lipinski definition) is 2. The Morgan fingerprint density at radius 1 is 1.21 bits per heavy atom. The molecule has 6 heteroatoms. The van der Waals surface area contributed by atoms with Crippen molar-refractivity contribution in [3.63, 3.8) is 0 Å². The lowest BCUT2D eigenvalue weighted by Gasteiger charge is -2.17. The molecule has 1 heterocycles. The third kappa shape index (κ3) is 4.52. The Morgan fingerprint density at radius 2 is 2.04 bits per heavy atom. The summed E-state index contributed by atoms with van der Waals surface area (Å²) >= 11 is 1.52. The number of hydrogen-bond acceptors (Lipinski definition) is 4. The Bertz CT molecular complexity index is 734. The van der Waals surface area contributed by atoms with Crippen LogP contribution in [0, 0.1) is 0 Å². The summed E-state index contributed by atoms with van der Waals surface area (Å²) in [6, 6.07) is 15.3. The first-order valence-electron chi connectivity index (χ1n) is 7.71. The minimum Gasteiger partial charge on any atom is -0.493 e. The van der Waals surface area contributed by atoms with E-state index in [1.54, 1.807) is 0 Å². The van der Waals surface area contributed by atoms with Crippen LogP contribution in [-0.4, -0.2) is 24.2 Å². The van der Waals surface area contributed by atoms with Crippen LogP contribution in [0.5, 0.6) is 5.75 Å². The molecule has 124 valence electrons. The monoisotopic (exact) mass is 342 g/mol.